The van der Waals surface area contributed by atoms with Crippen LogP contribution in [0.15, 0.2) is 47.6 Å². The molecule has 108 valence electrons. The topological polar surface area (TPSA) is 128 Å². The van der Waals surface area contributed by atoms with Crippen molar-refractivity contribution in [3.63, 3.8) is 0 Å². The summed E-state index contributed by atoms with van der Waals surface area (Å²) in [6.07, 6.45) is 0. The lowest BCUT2D eigenvalue weighted by Crippen LogP contribution is -2.14. The molecule has 2 aromatic rings. The molecule has 0 saturated heterocycles. The fraction of sp³-hybridized carbons (Fsp3) is 0. The number of amides is 1. The average molecular weight is 287 g/mol. The van der Waals surface area contributed by atoms with Crippen molar-refractivity contribution in [3.8, 4) is 11.5 Å². The zero-order valence-corrected chi connectivity index (χ0v) is 10.8. The van der Waals surface area contributed by atoms with E-state index in [1.165, 1.54) is 12.1 Å². The third-order valence-corrected chi connectivity index (χ3v) is 2.77. The second-order valence-corrected chi connectivity index (χ2v) is 4.22. The standard InChI is InChI=1S/C14H13N3O4/c15-13(17-21)8-1-3-9(4-2-8)16-14(20)11-7-10(18)5-6-12(11)19/h1-7,18-19,21H,(H2,15,17)(H,16,20). The molecule has 7 nitrogen and oxygen atoms in total. The zero-order valence-electron chi connectivity index (χ0n) is 10.8. The number of hydrogen-bond acceptors (Lipinski definition) is 5. The Kier molecular flexibility index (Phi) is 3.94. The maximum absolute atomic E-state index is 12.0. The second-order valence-electron chi connectivity index (χ2n) is 4.22. The lowest BCUT2D eigenvalue weighted by atomic mass is 10.1. The molecule has 0 atom stereocenters. The van der Waals surface area contributed by atoms with Gasteiger partial charge in [-0.1, -0.05) is 5.16 Å². The van der Waals surface area contributed by atoms with Crippen LogP contribution in [-0.2, 0) is 0 Å². The molecule has 0 aliphatic rings. The van der Waals surface area contributed by atoms with E-state index in [1.807, 2.05) is 0 Å². The van der Waals surface area contributed by atoms with E-state index in [4.69, 9.17) is 10.9 Å². The summed E-state index contributed by atoms with van der Waals surface area (Å²) in [7, 11) is 0. The predicted octanol–water partition coefficient (Wildman–Crippen LogP) is 1.44. The summed E-state index contributed by atoms with van der Waals surface area (Å²) < 4.78 is 0. The summed E-state index contributed by atoms with van der Waals surface area (Å²) in [6, 6.07) is 9.91. The maximum Gasteiger partial charge on any atom is 0.259 e. The molecule has 1 amide bonds. The van der Waals surface area contributed by atoms with Crippen LogP contribution in [0.3, 0.4) is 0 Å². The van der Waals surface area contributed by atoms with Crippen molar-refractivity contribution in [3.05, 3.63) is 53.6 Å². The minimum atomic E-state index is -0.569. The van der Waals surface area contributed by atoms with E-state index in [2.05, 4.69) is 10.5 Å². The SMILES string of the molecule is N/C(=N/O)c1ccc(NC(=O)c2cc(O)ccc2O)cc1. The van der Waals surface area contributed by atoms with E-state index in [0.717, 1.165) is 6.07 Å². The van der Waals surface area contributed by atoms with Crippen LogP contribution >= 0.6 is 0 Å². The van der Waals surface area contributed by atoms with Gasteiger partial charge >= 0.3 is 0 Å². The minimum absolute atomic E-state index is 0.0431. The van der Waals surface area contributed by atoms with Crippen molar-refractivity contribution in [2.45, 2.75) is 0 Å². The van der Waals surface area contributed by atoms with E-state index in [9.17, 15) is 15.0 Å². The van der Waals surface area contributed by atoms with E-state index < -0.39 is 5.91 Å². The molecular formula is C14H13N3O4. The highest BCUT2D eigenvalue weighted by Crippen LogP contribution is 2.23. The Balaban J connectivity index is 2.18. The Labute approximate surface area is 120 Å². The van der Waals surface area contributed by atoms with Crippen LogP contribution in [0.2, 0.25) is 0 Å². The van der Waals surface area contributed by atoms with Gasteiger partial charge < -0.3 is 26.5 Å². The fourth-order valence-corrected chi connectivity index (χ4v) is 1.69. The highest BCUT2D eigenvalue weighted by atomic mass is 16.4. The number of amidine groups is 1. The van der Waals surface area contributed by atoms with E-state index in [1.54, 1.807) is 24.3 Å². The Bertz CT molecular complexity index is 696. The average Bonchev–Trinajstić information content (AvgIpc) is 2.49. The summed E-state index contributed by atoms with van der Waals surface area (Å²) in [5.74, 6) is -0.975. The molecule has 2 rings (SSSR count). The second kappa shape index (κ2) is 5.83. The lowest BCUT2D eigenvalue weighted by molar-refractivity contribution is 0.102. The van der Waals surface area contributed by atoms with Crippen molar-refractivity contribution in [1.29, 1.82) is 0 Å². The molecule has 0 unspecified atom stereocenters. The first-order valence-electron chi connectivity index (χ1n) is 5.92. The number of benzene rings is 2. The molecule has 21 heavy (non-hydrogen) atoms. The van der Waals surface area contributed by atoms with E-state index in [0.29, 0.717) is 11.3 Å². The number of phenols is 2. The maximum atomic E-state index is 12.0. The van der Waals surface area contributed by atoms with Gasteiger partial charge in [0.2, 0.25) is 0 Å². The number of nitrogens with two attached hydrogens (primary N) is 1. The molecule has 0 heterocycles. The van der Waals surface area contributed by atoms with Gasteiger partial charge in [0, 0.05) is 11.3 Å². The van der Waals surface area contributed by atoms with Crippen molar-refractivity contribution >= 4 is 17.4 Å². The number of phenolic OH excluding ortho intramolecular Hbond substituents is 2. The third-order valence-electron chi connectivity index (χ3n) is 2.77. The highest BCUT2D eigenvalue weighted by Gasteiger charge is 2.12. The molecule has 7 heteroatoms. The molecule has 0 saturated carbocycles. The number of carbonyl (C=O) groups is 1. The van der Waals surface area contributed by atoms with Gasteiger partial charge in [-0.05, 0) is 42.5 Å². The highest BCUT2D eigenvalue weighted by molar-refractivity contribution is 6.06. The largest absolute Gasteiger partial charge is 0.508 e. The fourth-order valence-electron chi connectivity index (χ4n) is 1.69. The number of rotatable bonds is 3. The first kappa shape index (κ1) is 14.2. The number of nitrogens with zero attached hydrogens (tertiary/aromatic N) is 1. The van der Waals surface area contributed by atoms with Gasteiger partial charge in [-0.25, -0.2) is 0 Å². The van der Waals surface area contributed by atoms with Gasteiger partial charge in [0.25, 0.3) is 5.91 Å². The minimum Gasteiger partial charge on any atom is -0.508 e. The van der Waals surface area contributed by atoms with Gasteiger partial charge in [-0.3, -0.25) is 4.79 Å². The Hall–Kier alpha value is -3.22. The molecule has 0 aliphatic heterocycles. The summed E-state index contributed by atoms with van der Waals surface area (Å²) in [6.45, 7) is 0. The van der Waals surface area contributed by atoms with Crippen LogP contribution in [0.25, 0.3) is 0 Å². The first-order chi connectivity index (χ1) is 10.0. The number of hydrogen-bond donors (Lipinski definition) is 5. The van der Waals surface area contributed by atoms with Crippen LogP contribution in [0, 0.1) is 0 Å². The van der Waals surface area contributed by atoms with Crippen molar-refractivity contribution < 1.29 is 20.2 Å². The monoisotopic (exact) mass is 287 g/mol. The molecule has 0 fully saturated rings. The lowest BCUT2D eigenvalue weighted by Gasteiger charge is -2.08. The number of carbonyl (C=O) groups excluding carboxylic acids is 1. The quantitative estimate of drug-likeness (QED) is 0.192. The Morgan fingerprint density at radius 2 is 1.76 bits per heavy atom. The van der Waals surface area contributed by atoms with Gasteiger partial charge in [0.15, 0.2) is 5.84 Å². The van der Waals surface area contributed by atoms with Gasteiger partial charge in [-0.2, -0.15) is 0 Å². The van der Waals surface area contributed by atoms with Crippen LogP contribution in [0.4, 0.5) is 5.69 Å². The molecule has 2 aromatic carbocycles. The van der Waals surface area contributed by atoms with E-state index >= 15 is 0 Å². The summed E-state index contributed by atoms with van der Waals surface area (Å²) in [5.41, 5.74) is 6.33. The Morgan fingerprint density at radius 1 is 1.10 bits per heavy atom. The Morgan fingerprint density at radius 3 is 2.38 bits per heavy atom. The number of oxime groups is 1. The predicted molar refractivity (Wildman–Crippen MR) is 76.7 cm³/mol. The van der Waals surface area contributed by atoms with Crippen molar-refractivity contribution in [2.75, 3.05) is 5.32 Å². The third kappa shape index (κ3) is 3.21. The van der Waals surface area contributed by atoms with Crippen molar-refractivity contribution in [2.24, 2.45) is 10.9 Å². The molecule has 0 radical (unpaired) electrons. The smallest absolute Gasteiger partial charge is 0.259 e. The van der Waals surface area contributed by atoms with E-state index in [-0.39, 0.29) is 22.9 Å². The van der Waals surface area contributed by atoms with Gasteiger partial charge in [0.1, 0.15) is 11.5 Å². The van der Waals surface area contributed by atoms with Gasteiger partial charge in [-0.15, -0.1) is 0 Å². The van der Waals surface area contributed by atoms with Crippen LogP contribution in [-0.4, -0.2) is 27.2 Å². The summed E-state index contributed by atoms with van der Waals surface area (Å²) in [5, 5.41) is 32.9. The zero-order chi connectivity index (χ0) is 15.4. The summed E-state index contributed by atoms with van der Waals surface area (Å²) >= 11 is 0. The normalized spacial score (nSPS) is 11.1. The molecule has 0 spiro atoms. The number of nitrogens with one attached hydrogen (secondary N) is 1. The summed E-state index contributed by atoms with van der Waals surface area (Å²) in [4.78, 5) is 12.0. The molecule has 0 bridgehead atoms. The van der Waals surface area contributed by atoms with Crippen LogP contribution in [0.1, 0.15) is 15.9 Å². The first-order valence-corrected chi connectivity index (χ1v) is 5.92. The van der Waals surface area contributed by atoms with Crippen LogP contribution in [0.5, 0.6) is 11.5 Å². The van der Waals surface area contributed by atoms with Crippen LogP contribution < -0.4 is 11.1 Å². The molecule has 0 aliphatic carbocycles. The number of aromatic hydroxyl groups is 2. The molecule has 6 N–H and O–H groups in total. The molecule has 0 aromatic heterocycles. The van der Waals surface area contributed by atoms with Crippen molar-refractivity contribution in [1.82, 2.24) is 0 Å². The molecular weight excluding hydrogens is 274 g/mol. The number of anilines is 1. The van der Waals surface area contributed by atoms with Gasteiger partial charge in [0.05, 0.1) is 5.56 Å².